The molecule has 0 radical (unpaired) electrons. The van der Waals surface area contributed by atoms with Gasteiger partial charge in [0.25, 0.3) is 5.56 Å². The Morgan fingerprint density at radius 2 is 2.15 bits per heavy atom. The smallest absolute Gasteiger partial charge is 0.262 e. The second kappa shape index (κ2) is 4.86. The minimum atomic E-state index is -0.0836. The fourth-order valence-corrected chi connectivity index (χ4v) is 3.09. The summed E-state index contributed by atoms with van der Waals surface area (Å²) in [6.07, 6.45) is 0.759. The molecule has 1 aliphatic rings. The molecule has 0 spiro atoms. The molecule has 1 aliphatic heterocycles. The first-order valence-electron chi connectivity index (χ1n) is 6.57. The second-order valence-corrected chi connectivity index (χ2v) is 5.45. The lowest BCUT2D eigenvalue weighted by Crippen LogP contribution is -2.30. The third-order valence-corrected chi connectivity index (χ3v) is 4.11. The molecule has 1 amide bonds. The summed E-state index contributed by atoms with van der Waals surface area (Å²) < 4.78 is 2.03. The number of nitrogens with zero attached hydrogens (tertiary/aromatic N) is 2. The number of aromatic amines is 1. The van der Waals surface area contributed by atoms with Gasteiger partial charge in [-0.1, -0.05) is 12.1 Å². The first kappa shape index (κ1) is 13.1. The molecule has 1 atom stereocenters. The normalized spacial score (nSPS) is 18.6. The van der Waals surface area contributed by atoms with E-state index in [1.807, 2.05) is 18.2 Å². The van der Waals surface area contributed by atoms with Gasteiger partial charge in [-0.05, 0) is 30.8 Å². The van der Waals surface area contributed by atoms with Gasteiger partial charge in [0, 0.05) is 20.0 Å². The Hall–Kier alpha value is -1.95. The highest BCUT2D eigenvalue weighted by atomic mass is 32.1. The minimum Gasteiger partial charge on any atom is -0.341 e. The molecule has 5 nitrogen and oxygen atoms in total. The van der Waals surface area contributed by atoms with Crippen LogP contribution in [0, 0.1) is 4.77 Å². The number of para-hydroxylation sites is 1. The molecule has 2 aromatic rings. The van der Waals surface area contributed by atoms with Gasteiger partial charge >= 0.3 is 0 Å². The van der Waals surface area contributed by atoms with E-state index >= 15 is 0 Å². The van der Waals surface area contributed by atoms with E-state index in [-0.39, 0.29) is 17.5 Å². The van der Waals surface area contributed by atoms with Gasteiger partial charge in [0.1, 0.15) is 0 Å². The Kier molecular flexibility index (Phi) is 3.17. The van der Waals surface area contributed by atoms with Gasteiger partial charge in [0.2, 0.25) is 5.91 Å². The van der Waals surface area contributed by atoms with Crippen LogP contribution < -0.4 is 5.56 Å². The van der Waals surface area contributed by atoms with Gasteiger partial charge in [-0.15, -0.1) is 0 Å². The number of benzene rings is 1. The highest BCUT2D eigenvalue weighted by Gasteiger charge is 2.27. The van der Waals surface area contributed by atoms with Gasteiger partial charge < -0.3 is 9.88 Å². The van der Waals surface area contributed by atoms with Crippen molar-refractivity contribution in [1.29, 1.82) is 0 Å². The standard InChI is InChI=1S/C14H15N3O2S/c1-9(18)16-7-6-10(8-16)17-13(19)11-4-2-3-5-12(11)15-14(17)20/h2-5,10H,6-8H2,1H3,(H,15,20)/t10-/m1/s1. The molecule has 1 fully saturated rings. The van der Waals surface area contributed by atoms with E-state index in [1.165, 1.54) is 0 Å². The number of carbonyl (C=O) groups is 1. The summed E-state index contributed by atoms with van der Waals surface area (Å²) in [4.78, 5) is 28.8. The number of hydrogen-bond acceptors (Lipinski definition) is 3. The Balaban J connectivity index is 2.11. The monoisotopic (exact) mass is 289 g/mol. The van der Waals surface area contributed by atoms with Crippen LogP contribution in [0.15, 0.2) is 29.1 Å². The van der Waals surface area contributed by atoms with E-state index in [4.69, 9.17) is 12.2 Å². The average molecular weight is 289 g/mol. The lowest BCUT2D eigenvalue weighted by molar-refractivity contribution is -0.127. The third-order valence-electron chi connectivity index (χ3n) is 3.81. The molecule has 0 unspecified atom stereocenters. The Bertz CT molecular complexity index is 793. The zero-order valence-electron chi connectivity index (χ0n) is 11.1. The number of hydrogen-bond donors (Lipinski definition) is 1. The van der Waals surface area contributed by atoms with Gasteiger partial charge in [-0.3, -0.25) is 14.2 Å². The highest BCUT2D eigenvalue weighted by Crippen LogP contribution is 2.21. The zero-order chi connectivity index (χ0) is 14.3. The lowest BCUT2D eigenvalue weighted by Gasteiger charge is -2.16. The fourth-order valence-electron chi connectivity index (χ4n) is 2.75. The van der Waals surface area contributed by atoms with Crippen molar-refractivity contribution in [3.63, 3.8) is 0 Å². The molecule has 0 aliphatic carbocycles. The summed E-state index contributed by atoms with van der Waals surface area (Å²) >= 11 is 5.31. The highest BCUT2D eigenvalue weighted by molar-refractivity contribution is 7.71. The lowest BCUT2D eigenvalue weighted by atomic mass is 10.2. The molecule has 2 heterocycles. The van der Waals surface area contributed by atoms with Crippen molar-refractivity contribution in [3.05, 3.63) is 39.4 Å². The van der Waals surface area contributed by atoms with E-state index in [9.17, 15) is 9.59 Å². The van der Waals surface area contributed by atoms with Crippen LogP contribution in [-0.4, -0.2) is 33.4 Å². The van der Waals surface area contributed by atoms with Crippen LogP contribution in [0.1, 0.15) is 19.4 Å². The van der Waals surface area contributed by atoms with Crippen molar-refractivity contribution in [2.75, 3.05) is 13.1 Å². The number of nitrogens with one attached hydrogen (secondary N) is 1. The number of aromatic nitrogens is 2. The quantitative estimate of drug-likeness (QED) is 0.815. The Morgan fingerprint density at radius 3 is 2.85 bits per heavy atom. The van der Waals surface area contributed by atoms with E-state index in [2.05, 4.69) is 4.98 Å². The summed E-state index contributed by atoms with van der Waals surface area (Å²) in [6.45, 7) is 2.77. The van der Waals surface area contributed by atoms with Crippen LogP contribution in [0.25, 0.3) is 10.9 Å². The van der Waals surface area contributed by atoms with E-state index in [0.717, 1.165) is 11.9 Å². The maximum absolute atomic E-state index is 12.6. The maximum Gasteiger partial charge on any atom is 0.262 e. The first-order chi connectivity index (χ1) is 9.58. The average Bonchev–Trinajstić information content (AvgIpc) is 2.88. The van der Waals surface area contributed by atoms with E-state index in [0.29, 0.717) is 23.2 Å². The SMILES string of the molecule is CC(=O)N1CC[C@@H](n2c(=S)[nH]c3ccccc3c2=O)C1. The van der Waals surface area contributed by atoms with Crippen molar-refractivity contribution in [2.45, 2.75) is 19.4 Å². The van der Waals surface area contributed by atoms with Gasteiger partial charge in [-0.2, -0.15) is 0 Å². The molecular formula is C14H15N3O2S. The molecule has 3 rings (SSSR count). The van der Waals surface area contributed by atoms with Crippen molar-refractivity contribution in [1.82, 2.24) is 14.5 Å². The number of rotatable bonds is 1. The number of H-pyrrole nitrogens is 1. The Labute approximate surface area is 120 Å². The third kappa shape index (κ3) is 2.06. The summed E-state index contributed by atoms with van der Waals surface area (Å²) in [6, 6.07) is 7.29. The molecule has 20 heavy (non-hydrogen) atoms. The second-order valence-electron chi connectivity index (χ2n) is 5.06. The van der Waals surface area contributed by atoms with Crippen LogP contribution in [-0.2, 0) is 4.79 Å². The Morgan fingerprint density at radius 1 is 1.40 bits per heavy atom. The predicted octanol–water partition coefficient (Wildman–Crippen LogP) is 1.85. The fraction of sp³-hybridized carbons (Fsp3) is 0.357. The maximum atomic E-state index is 12.6. The van der Waals surface area contributed by atoms with Crippen molar-refractivity contribution in [3.8, 4) is 0 Å². The molecule has 104 valence electrons. The summed E-state index contributed by atoms with van der Waals surface area (Å²) in [5.74, 6) is 0.0382. The summed E-state index contributed by atoms with van der Waals surface area (Å²) in [5, 5.41) is 0.627. The van der Waals surface area contributed by atoms with Gasteiger partial charge in [0.05, 0.1) is 16.9 Å². The molecule has 1 aromatic carbocycles. The molecule has 0 saturated carbocycles. The number of likely N-dealkylation sites (tertiary alicyclic amines) is 1. The molecule has 1 aromatic heterocycles. The predicted molar refractivity (Wildman–Crippen MR) is 79.3 cm³/mol. The van der Waals surface area contributed by atoms with Gasteiger partial charge in [0.15, 0.2) is 4.77 Å². The number of carbonyl (C=O) groups excluding carboxylic acids is 1. The van der Waals surface area contributed by atoms with Gasteiger partial charge in [-0.25, -0.2) is 0 Å². The number of amides is 1. The molecular weight excluding hydrogens is 274 g/mol. The largest absolute Gasteiger partial charge is 0.341 e. The van der Waals surface area contributed by atoms with Crippen molar-refractivity contribution < 1.29 is 4.79 Å². The van der Waals surface area contributed by atoms with E-state index < -0.39 is 0 Å². The van der Waals surface area contributed by atoms with Crippen LogP contribution >= 0.6 is 12.2 Å². The topological polar surface area (TPSA) is 58.1 Å². The molecule has 1 saturated heterocycles. The van der Waals surface area contributed by atoms with Crippen LogP contribution in [0.2, 0.25) is 0 Å². The van der Waals surface area contributed by atoms with Crippen LogP contribution in [0.4, 0.5) is 0 Å². The number of fused-ring (bicyclic) bond motifs is 1. The van der Waals surface area contributed by atoms with Crippen LogP contribution in [0.3, 0.4) is 0 Å². The molecule has 6 heteroatoms. The van der Waals surface area contributed by atoms with E-state index in [1.54, 1.807) is 22.5 Å². The van der Waals surface area contributed by atoms with Crippen molar-refractivity contribution >= 4 is 29.0 Å². The first-order valence-corrected chi connectivity index (χ1v) is 6.98. The minimum absolute atomic E-state index is 0.0382. The summed E-state index contributed by atoms with van der Waals surface area (Å²) in [5.41, 5.74) is 0.667. The van der Waals surface area contributed by atoms with Crippen LogP contribution in [0.5, 0.6) is 0 Å². The molecule has 1 N–H and O–H groups in total. The van der Waals surface area contributed by atoms with Crippen molar-refractivity contribution in [2.24, 2.45) is 0 Å². The molecule has 0 bridgehead atoms. The summed E-state index contributed by atoms with van der Waals surface area (Å²) in [7, 11) is 0. The zero-order valence-corrected chi connectivity index (χ0v) is 11.9.